The van der Waals surface area contributed by atoms with Gasteiger partial charge < -0.3 is 24.0 Å². The maximum absolute atomic E-state index is 12.9. The summed E-state index contributed by atoms with van der Waals surface area (Å²) in [6, 6.07) is 15.4. The van der Waals surface area contributed by atoms with Crippen LogP contribution in [0.25, 0.3) is 0 Å². The number of para-hydroxylation sites is 2. The Morgan fingerprint density at radius 2 is 1.83 bits per heavy atom. The highest BCUT2D eigenvalue weighted by atomic mass is 16.5. The monoisotopic (exact) mass is 396 g/mol. The molecule has 0 saturated carbocycles. The van der Waals surface area contributed by atoms with E-state index in [0.717, 1.165) is 49.7 Å². The molecule has 2 aliphatic rings. The van der Waals surface area contributed by atoms with E-state index in [9.17, 15) is 4.79 Å². The maximum atomic E-state index is 12.9. The Kier molecular flexibility index (Phi) is 6.20. The third kappa shape index (κ3) is 4.65. The van der Waals surface area contributed by atoms with E-state index in [-0.39, 0.29) is 12.0 Å². The summed E-state index contributed by atoms with van der Waals surface area (Å²) < 4.78 is 16.8. The summed E-state index contributed by atoms with van der Waals surface area (Å²) in [4.78, 5) is 17.0. The molecule has 2 aromatic rings. The highest BCUT2D eigenvalue weighted by Gasteiger charge is 2.24. The molecule has 4 rings (SSSR count). The Morgan fingerprint density at radius 1 is 1.07 bits per heavy atom. The van der Waals surface area contributed by atoms with Crippen LogP contribution < -0.4 is 14.4 Å². The predicted octanol–water partition coefficient (Wildman–Crippen LogP) is 3.22. The highest BCUT2D eigenvalue weighted by Crippen LogP contribution is 2.28. The summed E-state index contributed by atoms with van der Waals surface area (Å²) in [5.41, 5.74) is 1.77. The zero-order valence-corrected chi connectivity index (χ0v) is 16.9. The molecule has 0 aromatic heterocycles. The molecule has 154 valence electrons. The van der Waals surface area contributed by atoms with Crippen LogP contribution in [0.3, 0.4) is 0 Å². The van der Waals surface area contributed by atoms with E-state index in [1.807, 2.05) is 47.4 Å². The fourth-order valence-electron chi connectivity index (χ4n) is 3.88. The van der Waals surface area contributed by atoms with Gasteiger partial charge >= 0.3 is 0 Å². The van der Waals surface area contributed by atoms with Gasteiger partial charge in [-0.15, -0.1) is 0 Å². The number of nitrogens with zero attached hydrogens (tertiary/aromatic N) is 2. The normalized spacial score (nSPS) is 19.3. The summed E-state index contributed by atoms with van der Waals surface area (Å²) in [5, 5.41) is 0. The first-order chi connectivity index (χ1) is 14.2. The number of hydrogen-bond donors (Lipinski definition) is 0. The molecule has 6 heteroatoms. The largest absolute Gasteiger partial charge is 0.495 e. The van der Waals surface area contributed by atoms with Crippen molar-refractivity contribution in [2.24, 2.45) is 0 Å². The van der Waals surface area contributed by atoms with E-state index in [4.69, 9.17) is 14.2 Å². The molecule has 2 fully saturated rings. The van der Waals surface area contributed by atoms with Crippen molar-refractivity contribution in [3.8, 4) is 11.5 Å². The first-order valence-corrected chi connectivity index (χ1v) is 10.3. The minimum absolute atomic E-state index is 0.0651. The minimum Gasteiger partial charge on any atom is -0.495 e. The standard InChI is InChI=1S/C23H28N2O4/c1-27-22-7-3-2-6-21(22)24-12-14-25(15-13-24)23(26)18-8-10-19(11-9-18)29-17-20-5-4-16-28-20/h2-3,6-11,20H,4-5,12-17H2,1H3. The molecule has 2 aliphatic heterocycles. The van der Waals surface area contributed by atoms with E-state index >= 15 is 0 Å². The number of carbonyl (C=O) groups excluding carboxylic acids is 1. The molecule has 2 aromatic carbocycles. The van der Waals surface area contributed by atoms with Crippen molar-refractivity contribution in [3.63, 3.8) is 0 Å². The second-order valence-corrected chi connectivity index (χ2v) is 7.42. The lowest BCUT2D eigenvalue weighted by Gasteiger charge is -2.36. The van der Waals surface area contributed by atoms with Crippen LogP contribution >= 0.6 is 0 Å². The average molecular weight is 396 g/mol. The molecule has 1 amide bonds. The van der Waals surface area contributed by atoms with Gasteiger partial charge in [-0.25, -0.2) is 0 Å². The number of rotatable bonds is 6. The Bertz CT molecular complexity index is 810. The van der Waals surface area contributed by atoms with E-state index in [2.05, 4.69) is 11.0 Å². The Labute approximate surface area is 172 Å². The van der Waals surface area contributed by atoms with Crippen molar-refractivity contribution < 1.29 is 19.0 Å². The van der Waals surface area contributed by atoms with Crippen LogP contribution in [0.15, 0.2) is 48.5 Å². The molecule has 0 spiro atoms. The quantitative estimate of drug-likeness (QED) is 0.751. The summed E-state index contributed by atoms with van der Waals surface area (Å²) in [7, 11) is 1.69. The SMILES string of the molecule is COc1ccccc1N1CCN(C(=O)c2ccc(OCC3CCCO3)cc2)CC1. The van der Waals surface area contributed by atoms with Crippen LogP contribution in [0, 0.1) is 0 Å². The molecule has 29 heavy (non-hydrogen) atoms. The molecular weight excluding hydrogens is 368 g/mol. The Morgan fingerprint density at radius 3 is 2.52 bits per heavy atom. The summed E-state index contributed by atoms with van der Waals surface area (Å²) in [6.45, 7) is 4.34. The van der Waals surface area contributed by atoms with Crippen LogP contribution in [0.1, 0.15) is 23.2 Å². The molecule has 1 unspecified atom stereocenters. The Balaban J connectivity index is 1.31. The van der Waals surface area contributed by atoms with E-state index in [1.165, 1.54) is 0 Å². The molecule has 0 N–H and O–H groups in total. The van der Waals surface area contributed by atoms with Crippen molar-refractivity contribution in [3.05, 3.63) is 54.1 Å². The second kappa shape index (κ2) is 9.18. The third-order valence-corrected chi connectivity index (χ3v) is 5.55. The van der Waals surface area contributed by atoms with Gasteiger partial charge in [0.15, 0.2) is 0 Å². The molecule has 1 atom stereocenters. The minimum atomic E-state index is 0.0651. The van der Waals surface area contributed by atoms with Crippen LogP contribution in [-0.2, 0) is 4.74 Å². The molecule has 0 radical (unpaired) electrons. The van der Waals surface area contributed by atoms with Gasteiger partial charge in [-0.2, -0.15) is 0 Å². The van der Waals surface area contributed by atoms with Gasteiger partial charge in [0.05, 0.1) is 18.9 Å². The maximum Gasteiger partial charge on any atom is 0.253 e. The predicted molar refractivity (Wildman–Crippen MR) is 112 cm³/mol. The molecular formula is C23H28N2O4. The van der Waals surface area contributed by atoms with Crippen molar-refractivity contribution in [2.45, 2.75) is 18.9 Å². The van der Waals surface area contributed by atoms with Crippen molar-refractivity contribution in [1.29, 1.82) is 0 Å². The smallest absolute Gasteiger partial charge is 0.253 e. The van der Waals surface area contributed by atoms with Crippen molar-refractivity contribution in [2.75, 3.05) is 51.4 Å². The summed E-state index contributed by atoms with van der Waals surface area (Å²) in [5.74, 6) is 1.71. The van der Waals surface area contributed by atoms with Crippen LogP contribution in [0.4, 0.5) is 5.69 Å². The Hall–Kier alpha value is -2.73. The number of ether oxygens (including phenoxy) is 3. The lowest BCUT2D eigenvalue weighted by atomic mass is 10.1. The van der Waals surface area contributed by atoms with Crippen molar-refractivity contribution in [1.82, 2.24) is 4.90 Å². The third-order valence-electron chi connectivity index (χ3n) is 5.55. The number of methoxy groups -OCH3 is 1. The fraction of sp³-hybridized carbons (Fsp3) is 0.435. The first-order valence-electron chi connectivity index (χ1n) is 10.3. The lowest BCUT2D eigenvalue weighted by molar-refractivity contribution is 0.0678. The second-order valence-electron chi connectivity index (χ2n) is 7.42. The number of amides is 1. The van der Waals surface area contributed by atoms with Gasteiger partial charge in [0.1, 0.15) is 18.1 Å². The van der Waals surface area contributed by atoms with E-state index in [1.54, 1.807) is 7.11 Å². The lowest BCUT2D eigenvalue weighted by Crippen LogP contribution is -2.48. The van der Waals surface area contributed by atoms with Crippen molar-refractivity contribution >= 4 is 11.6 Å². The molecule has 2 saturated heterocycles. The van der Waals surface area contributed by atoms with E-state index in [0.29, 0.717) is 25.3 Å². The number of anilines is 1. The first kappa shape index (κ1) is 19.6. The molecule has 0 bridgehead atoms. The fourth-order valence-corrected chi connectivity index (χ4v) is 3.88. The van der Waals surface area contributed by atoms with Gasteiger partial charge in [-0.3, -0.25) is 4.79 Å². The van der Waals surface area contributed by atoms with E-state index < -0.39 is 0 Å². The molecule has 0 aliphatic carbocycles. The van der Waals surface area contributed by atoms with Gasteiger partial charge in [0, 0.05) is 38.3 Å². The number of carbonyl (C=O) groups is 1. The zero-order chi connectivity index (χ0) is 20.1. The zero-order valence-electron chi connectivity index (χ0n) is 16.9. The van der Waals surface area contributed by atoms with Crippen LogP contribution in [0.5, 0.6) is 11.5 Å². The van der Waals surface area contributed by atoms with Gasteiger partial charge in [0.2, 0.25) is 0 Å². The molecule has 2 heterocycles. The summed E-state index contributed by atoms with van der Waals surface area (Å²) >= 11 is 0. The van der Waals surface area contributed by atoms with Crippen LogP contribution in [-0.4, -0.2) is 63.4 Å². The summed E-state index contributed by atoms with van der Waals surface area (Å²) in [6.07, 6.45) is 2.35. The number of hydrogen-bond acceptors (Lipinski definition) is 5. The molecule has 6 nitrogen and oxygen atoms in total. The van der Waals surface area contributed by atoms with Gasteiger partial charge in [-0.05, 0) is 49.2 Å². The number of benzene rings is 2. The number of piperazine rings is 1. The van der Waals surface area contributed by atoms with Gasteiger partial charge in [0.25, 0.3) is 5.91 Å². The average Bonchev–Trinajstić information content (AvgIpc) is 3.31. The topological polar surface area (TPSA) is 51.2 Å². The highest BCUT2D eigenvalue weighted by molar-refractivity contribution is 5.94. The van der Waals surface area contributed by atoms with Gasteiger partial charge in [-0.1, -0.05) is 12.1 Å². The van der Waals surface area contributed by atoms with Crippen LogP contribution in [0.2, 0.25) is 0 Å².